The van der Waals surface area contributed by atoms with Crippen molar-refractivity contribution in [1.29, 1.82) is 5.26 Å². The average Bonchev–Trinajstić information content (AvgIpc) is 2.68. The summed E-state index contributed by atoms with van der Waals surface area (Å²) in [5.41, 5.74) is 4.61. The van der Waals surface area contributed by atoms with Gasteiger partial charge in [-0.25, -0.2) is 0 Å². The molecule has 0 aliphatic carbocycles. The maximum absolute atomic E-state index is 12.5. The molecule has 1 amide bonds. The zero-order chi connectivity index (χ0) is 20.3. The summed E-state index contributed by atoms with van der Waals surface area (Å²) >= 11 is 12.4. The van der Waals surface area contributed by atoms with Crippen LogP contribution in [-0.2, 0) is 0 Å². The van der Waals surface area contributed by atoms with Crippen LogP contribution in [0.1, 0.15) is 38.5 Å². The minimum Gasteiger partial charge on any atom is -0.322 e. The number of rotatable bonds is 4. The summed E-state index contributed by atoms with van der Waals surface area (Å²) in [7, 11) is 0. The van der Waals surface area contributed by atoms with Crippen molar-refractivity contribution < 1.29 is 4.79 Å². The molecule has 3 aromatic carbocycles. The van der Waals surface area contributed by atoms with Gasteiger partial charge < -0.3 is 5.32 Å². The van der Waals surface area contributed by atoms with Crippen molar-refractivity contribution in [2.24, 2.45) is 0 Å². The Labute approximate surface area is 174 Å². The topological polar surface area (TPSA) is 52.9 Å². The second kappa shape index (κ2) is 8.48. The number of anilines is 1. The summed E-state index contributed by atoms with van der Waals surface area (Å²) < 4.78 is 0. The van der Waals surface area contributed by atoms with E-state index in [0.29, 0.717) is 26.9 Å². The number of carbonyl (C=O) groups is 1. The van der Waals surface area contributed by atoms with Crippen molar-refractivity contribution in [3.05, 3.63) is 98.5 Å². The van der Waals surface area contributed by atoms with E-state index in [1.807, 2.05) is 44.2 Å². The zero-order valence-corrected chi connectivity index (χ0v) is 17.0. The first-order valence-corrected chi connectivity index (χ1v) is 9.48. The summed E-state index contributed by atoms with van der Waals surface area (Å²) in [6.45, 7) is 3.84. The summed E-state index contributed by atoms with van der Waals surface area (Å²) in [6, 6.07) is 20.3. The predicted octanol–water partition coefficient (Wildman–Crippen LogP) is 6.52. The van der Waals surface area contributed by atoms with Gasteiger partial charge in [0.15, 0.2) is 0 Å². The average molecular weight is 409 g/mol. The van der Waals surface area contributed by atoms with Crippen LogP contribution in [0.2, 0.25) is 10.0 Å². The number of aryl methyl sites for hydroxylation is 2. The Kier molecular flexibility index (Phi) is 6.04. The molecule has 0 aliphatic heterocycles. The third-order valence-corrected chi connectivity index (χ3v) is 5.13. The number of nitrogens with one attached hydrogen (secondary N) is 1. The zero-order valence-electron chi connectivity index (χ0n) is 15.5. The quantitative estimate of drug-likeness (QED) is 0.534. The third kappa shape index (κ3) is 4.36. The molecular weight excluding hydrogens is 391 g/mol. The molecule has 0 bridgehead atoms. The van der Waals surface area contributed by atoms with Crippen molar-refractivity contribution >= 4 is 34.8 Å². The van der Waals surface area contributed by atoms with Crippen LogP contribution < -0.4 is 5.32 Å². The van der Waals surface area contributed by atoms with Gasteiger partial charge in [-0.15, -0.1) is 0 Å². The van der Waals surface area contributed by atoms with Crippen LogP contribution in [0.3, 0.4) is 0 Å². The summed E-state index contributed by atoms with van der Waals surface area (Å²) in [6.07, 6.45) is 0. The van der Waals surface area contributed by atoms with Crippen LogP contribution >= 0.6 is 23.2 Å². The smallest absolute Gasteiger partial charge is 0.255 e. The summed E-state index contributed by atoms with van der Waals surface area (Å²) in [5.74, 6) is -0.730. The van der Waals surface area contributed by atoms with E-state index < -0.39 is 5.92 Å². The molecule has 140 valence electrons. The van der Waals surface area contributed by atoms with E-state index in [0.717, 1.165) is 16.7 Å². The number of halogens is 2. The number of benzene rings is 3. The third-order valence-electron chi connectivity index (χ3n) is 4.55. The van der Waals surface area contributed by atoms with Gasteiger partial charge in [-0.1, -0.05) is 59.1 Å². The van der Waals surface area contributed by atoms with Gasteiger partial charge in [0.1, 0.15) is 0 Å². The number of carbonyl (C=O) groups excluding carboxylic acids is 1. The van der Waals surface area contributed by atoms with E-state index in [1.54, 1.807) is 30.3 Å². The van der Waals surface area contributed by atoms with Crippen molar-refractivity contribution in [3.63, 3.8) is 0 Å². The Morgan fingerprint density at radius 3 is 2.25 bits per heavy atom. The molecule has 3 rings (SSSR count). The lowest BCUT2D eigenvalue weighted by Gasteiger charge is -2.16. The van der Waals surface area contributed by atoms with Crippen LogP contribution in [0.4, 0.5) is 5.69 Å². The van der Waals surface area contributed by atoms with E-state index in [2.05, 4.69) is 11.4 Å². The monoisotopic (exact) mass is 408 g/mol. The van der Waals surface area contributed by atoms with Gasteiger partial charge in [0.05, 0.1) is 12.0 Å². The van der Waals surface area contributed by atoms with E-state index in [4.69, 9.17) is 23.2 Å². The molecule has 0 heterocycles. The van der Waals surface area contributed by atoms with Crippen LogP contribution in [0.15, 0.2) is 60.7 Å². The summed E-state index contributed by atoms with van der Waals surface area (Å²) in [5, 5.41) is 13.6. The molecule has 0 aliphatic rings. The molecule has 1 N–H and O–H groups in total. The van der Waals surface area contributed by atoms with Gasteiger partial charge >= 0.3 is 0 Å². The maximum Gasteiger partial charge on any atom is 0.255 e. The van der Waals surface area contributed by atoms with E-state index in [-0.39, 0.29) is 5.91 Å². The first kappa shape index (κ1) is 19.9. The molecule has 1 atom stereocenters. The molecule has 0 saturated carbocycles. The predicted molar refractivity (Wildman–Crippen MR) is 114 cm³/mol. The van der Waals surface area contributed by atoms with Gasteiger partial charge in [-0.2, -0.15) is 5.26 Å². The van der Waals surface area contributed by atoms with Crippen molar-refractivity contribution in [2.75, 3.05) is 5.32 Å². The summed E-state index contributed by atoms with van der Waals surface area (Å²) in [4.78, 5) is 12.5. The van der Waals surface area contributed by atoms with E-state index in [9.17, 15) is 10.1 Å². The number of hydrogen-bond acceptors (Lipinski definition) is 2. The molecule has 0 saturated heterocycles. The van der Waals surface area contributed by atoms with Crippen LogP contribution in [0, 0.1) is 25.2 Å². The highest BCUT2D eigenvalue weighted by Gasteiger charge is 2.19. The highest BCUT2D eigenvalue weighted by Crippen LogP contribution is 2.34. The largest absolute Gasteiger partial charge is 0.322 e. The van der Waals surface area contributed by atoms with Gasteiger partial charge in [0.25, 0.3) is 5.91 Å². The van der Waals surface area contributed by atoms with E-state index in [1.165, 1.54) is 0 Å². The fourth-order valence-electron chi connectivity index (χ4n) is 2.94. The lowest BCUT2D eigenvalue weighted by molar-refractivity contribution is 0.102. The first-order valence-electron chi connectivity index (χ1n) is 8.72. The van der Waals surface area contributed by atoms with Crippen molar-refractivity contribution in [3.8, 4) is 6.07 Å². The Morgan fingerprint density at radius 2 is 1.64 bits per heavy atom. The van der Waals surface area contributed by atoms with Crippen molar-refractivity contribution in [2.45, 2.75) is 19.8 Å². The van der Waals surface area contributed by atoms with Crippen LogP contribution in [-0.4, -0.2) is 5.91 Å². The molecule has 5 heteroatoms. The molecule has 1 unspecified atom stereocenters. The second-order valence-corrected chi connectivity index (χ2v) is 7.47. The number of nitriles is 1. The lowest BCUT2D eigenvalue weighted by atomic mass is 9.91. The second-order valence-electron chi connectivity index (χ2n) is 6.62. The standard InChI is InChI=1S/C23H18Cl2N2O/c1-14-3-5-17(6-4-14)23(28)27-22-12-21(25)19(11-15(22)2)20(13-26)16-7-9-18(24)10-8-16/h3-12,20H,1-2H3,(H,27,28). The Morgan fingerprint density at radius 1 is 1.00 bits per heavy atom. The molecular formula is C23H18Cl2N2O. The number of amides is 1. The minimum absolute atomic E-state index is 0.207. The van der Waals surface area contributed by atoms with E-state index >= 15 is 0 Å². The maximum atomic E-state index is 12.5. The normalized spacial score (nSPS) is 11.5. The van der Waals surface area contributed by atoms with Gasteiger partial charge in [-0.05, 0) is 60.9 Å². The number of hydrogen-bond donors (Lipinski definition) is 1. The first-order chi connectivity index (χ1) is 13.4. The highest BCUT2D eigenvalue weighted by molar-refractivity contribution is 6.32. The Bertz CT molecular complexity index is 1050. The molecule has 0 fully saturated rings. The molecule has 28 heavy (non-hydrogen) atoms. The minimum atomic E-state index is -0.523. The number of nitrogens with zero attached hydrogens (tertiary/aromatic N) is 1. The molecule has 3 nitrogen and oxygen atoms in total. The molecule has 0 spiro atoms. The molecule has 3 aromatic rings. The lowest BCUT2D eigenvalue weighted by Crippen LogP contribution is -2.13. The van der Waals surface area contributed by atoms with Gasteiger partial charge in [0, 0.05) is 21.3 Å². The highest BCUT2D eigenvalue weighted by atomic mass is 35.5. The van der Waals surface area contributed by atoms with Crippen molar-refractivity contribution in [1.82, 2.24) is 0 Å². The van der Waals surface area contributed by atoms with Gasteiger partial charge in [-0.3, -0.25) is 4.79 Å². The Hall–Kier alpha value is -2.80. The SMILES string of the molecule is Cc1ccc(C(=O)Nc2cc(Cl)c(C(C#N)c3ccc(Cl)cc3)cc2C)cc1. The van der Waals surface area contributed by atoms with Gasteiger partial charge in [0.2, 0.25) is 0 Å². The Balaban J connectivity index is 1.90. The van der Waals surface area contributed by atoms with Crippen LogP contribution in [0.5, 0.6) is 0 Å². The van der Waals surface area contributed by atoms with Crippen LogP contribution in [0.25, 0.3) is 0 Å². The fourth-order valence-corrected chi connectivity index (χ4v) is 3.34. The molecule has 0 radical (unpaired) electrons. The molecule has 0 aromatic heterocycles. The fraction of sp³-hybridized carbons (Fsp3) is 0.130.